The number of carbonyl (C=O) groups excluding carboxylic acids is 1. The smallest absolute Gasteiger partial charge is 0.343 e. The fourth-order valence-electron chi connectivity index (χ4n) is 2.42. The molecule has 2 aromatic rings. The molecule has 0 amide bonds. The highest BCUT2D eigenvalue weighted by atomic mass is 19.2. The number of aryl methyl sites for hydroxylation is 1. The van der Waals surface area contributed by atoms with Crippen LogP contribution in [0, 0.1) is 0 Å². The molecule has 0 spiro atoms. The standard InChI is InChI=1S/C21H22F2O2/c1-3-5-15-7-13-18(14-8-15)25-21(24)17-11-9-16(10-12-17)20(23)19(22)6-4-2/h7-14H,3-6H2,1-2H3/b20-19+. The van der Waals surface area contributed by atoms with E-state index in [0.717, 1.165) is 12.8 Å². The van der Waals surface area contributed by atoms with Crippen LogP contribution in [0.5, 0.6) is 5.75 Å². The van der Waals surface area contributed by atoms with Crippen molar-refractivity contribution in [1.82, 2.24) is 0 Å². The molecule has 0 unspecified atom stereocenters. The van der Waals surface area contributed by atoms with E-state index in [2.05, 4.69) is 6.92 Å². The third-order valence-corrected chi connectivity index (χ3v) is 3.75. The number of hydrogen-bond acceptors (Lipinski definition) is 2. The summed E-state index contributed by atoms with van der Waals surface area (Å²) in [5.74, 6) is -1.74. The Bertz CT molecular complexity index is 731. The van der Waals surface area contributed by atoms with Gasteiger partial charge in [-0.2, -0.15) is 0 Å². The Balaban J connectivity index is 2.06. The quantitative estimate of drug-likeness (QED) is 0.437. The van der Waals surface area contributed by atoms with E-state index in [1.165, 1.54) is 29.8 Å². The van der Waals surface area contributed by atoms with E-state index >= 15 is 0 Å². The summed E-state index contributed by atoms with van der Waals surface area (Å²) in [6.45, 7) is 3.88. The number of hydrogen-bond donors (Lipinski definition) is 0. The molecule has 0 aliphatic carbocycles. The second kappa shape index (κ2) is 9.11. The molecule has 0 aromatic heterocycles. The van der Waals surface area contributed by atoms with Crippen molar-refractivity contribution in [3.8, 4) is 5.75 Å². The van der Waals surface area contributed by atoms with Crippen LogP contribution in [0.3, 0.4) is 0 Å². The van der Waals surface area contributed by atoms with Crippen LogP contribution in [0.25, 0.3) is 5.83 Å². The monoisotopic (exact) mass is 344 g/mol. The van der Waals surface area contributed by atoms with Gasteiger partial charge in [-0.15, -0.1) is 0 Å². The summed E-state index contributed by atoms with van der Waals surface area (Å²) in [5.41, 5.74) is 1.58. The van der Waals surface area contributed by atoms with Gasteiger partial charge in [0.25, 0.3) is 0 Å². The minimum atomic E-state index is -0.881. The van der Waals surface area contributed by atoms with Crippen LogP contribution in [0.15, 0.2) is 54.4 Å². The van der Waals surface area contributed by atoms with E-state index in [0.29, 0.717) is 12.2 Å². The van der Waals surface area contributed by atoms with Gasteiger partial charge in [-0.25, -0.2) is 13.6 Å². The summed E-state index contributed by atoms with van der Waals surface area (Å²) in [5, 5.41) is 0. The Morgan fingerprint density at radius 1 is 0.880 bits per heavy atom. The first-order valence-corrected chi connectivity index (χ1v) is 8.50. The molecule has 132 valence electrons. The van der Waals surface area contributed by atoms with Gasteiger partial charge in [0, 0.05) is 12.0 Å². The summed E-state index contributed by atoms with van der Waals surface area (Å²) in [6, 6.07) is 13.0. The minimum absolute atomic E-state index is 0.0592. The average Bonchev–Trinajstić information content (AvgIpc) is 2.63. The first-order chi connectivity index (χ1) is 12.0. The number of esters is 1. The minimum Gasteiger partial charge on any atom is -0.423 e. The molecule has 0 atom stereocenters. The van der Waals surface area contributed by atoms with E-state index < -0.39 is 17.6 Å². The third kappa shape index (κ3) is 5.24. The molecule has 2 nitrogen and oxygen atoms in total. The van der Waals surface area contributed by atoms with E-state index in [1.54, 1.807) is 19.1 Å². The highest BCUT2D eigenvalue weighted by molar-refractivity contribution is 5.91. The zero-order valence-electron chi connectivity index (χ0n) is 14.5. The van der Waals surface area contributed by atoms with E-state index in [-0.39, 0.29) is 17.5 Å². The molecule has 0 fully saturated rings. The average molecular weight is 344 g/mol. The molecular weight excluding hydrogens is 322 g/mol. The molecule has 0 heterocycles. The molecule has 25 heavy (non-hydrogen) atoms. The van der Waals surface area contributed by atoms with Gasteiger partial charge in [-0.3, -0.25) is 0 Å². The lowest BCUT2D eigenvalue weighted by Gasteiger charge is -2.06. The normalized spacial score (nSPS) is 11.8. The van der Waals surface area contributed by atoms with Crippen LogP contribution < -0.4 is 4.74 Å². The molecule has 0 N–H and O–H groups in total. The fourth-order valence-corrected chi connectivity index (χ4v) is 2.42. The summed E-state index contributed by atoms with van der Waals surface area (Å²) >= 11 is 0. The molecule has 0 saturated carbocycles. The van der Waals surface area contributed by atoms with Gasteiger partial charge in [0.2, 0.25) is 0 Å². The largest absolute Gasteiger partial charge is 0.423 e. The van der Waals surface area contributed by atoms with E-state index in [1.807, 2.05) is 12.1 Å². The lowest BCUT2D eigenvalue weighted by Crippen LogP contribution is -2.08. The van der Waals surface area contributed by atoms with Crippen LogP contribution in [0.2, 0.25) is 0 Å². The maximum absolute atomic E-state index is 13.9. The van der Waals surface area contributed by atoms with E-state index in [4.69, 9.17) is 4.74 Å². The van der Waals surface area contributed by atoms with Gasteiger partial charge >= 0.3 is 5.97 Å². The van der Waals surface area contributed by atoms with Crippen molar-refractivity contribution in [2.24, 2.45) is 0 Å². The van der Waals surface area contributed by atoms with Crippen molar-refractivity contribution in [3.05, 3.63) is 71.0 Å². The number of ether oxygens (including phenoxy) is 1. The lowest BCUT2D eigenvalue weighted by molar-refractivity contribution is 0.0734. The topological polar surface area (TPSA) is 26.3 Å². The summed E-state index contributed by atoms with van der Waals surface area (Å²) in [7, 11) is 0. The van der Waals surface area contributed by atoms with Crippen LogP contribution in [0.4, 0.5) is 8.78 Å². The Labute approximate surface area is 147 Å². The van der Waals surface area contributed by atoms with Gasteiger partial charge in [0.1, 0.15) is 11.6 Å². The molecule has 0 saturated heterocycles. The van der Waals surface area contributed by atoms with Crippen molar-refractivity contribution < 1.29 is 18.3 Å². The van der Waals surface area contributed by atoms with Gasteiger partial charge in [0.05, 0.1) is 5.56 Å². The molecule has 0 aliphatic rings. The predicted octanol–water partition coefficient (Wildman–Crippen LogP) is 6.27. The van der Waals surface area contributed by atoms with Crippen molar-refractivity contribution in [3.63, 3.8) is 0 Å². The van der Waals surface area contributed by atoms with Crippen LogP contribution in [-0.2, 0) is 6.42 Å². The molecule has 0 aliphatic heterocycles. The van der Waals surface area contributed by atoms with Crippen molar-refractivity contribution in [2.75, 3.05) is 0 Å². The van der Waals surface area contributed by atoms with Crippen molar-refractivity contribution in [2.45, 2.75) is 39.5 Å². The molecular formula is C21H22F2O2. The summed E-state index contributed by atoms with van der Waals surface area (Å²) in [6.07, 6.45) is 2.61. The number of rotatable bonds is 7. The van der Waals surface area contributed by atoms with E-state index in [9.17, 15) is 13.6 Å². The molecule has 0 radical (unpaired) electrons. The van der Waals surface area contributed by atoms with Crippen LogP contribution in [0.1, 0.15) is 54.6 Å². The Kier molecular flexibility index (Phi) is 6.87. The van der Waals surface area contributed by atoms with Crippen LogP contribution >= 0.6 is 0 Å². The molecule has 2 rings (SSSR count). The van der Waals surface area contributed by atoms with Crippen molar-refractivity contribution >= 4 is 11.8 Å². The highest BCUT2D eigenvalue weighted by Gasteiger charge is 2.12. The zero-order chi connectivity index (χ0) is 18.2. The highest BCUT2D eigenvalue weighted by Crippen LogP contribution is 2.25. The second-order valence-corrected chi connectivity index (χ2v) is 5.83. The summed E-state index contributed by atoms with van der Waals surface area (Å²) < 4.78 is 32.7. The third-order valence-electron chi connectivity index (χ3n) is 3.75. The zero-order valence-corrected chi connectivity index (χ0v) is 14.5. The molecule has 0 bridgehead atoms. The molecule has 4 heteroatoms. The van der Waals surface area contributed by atoms with Crippen LogP contribution in [-0.4, -0.2) is 5.97 Å². The Morgan fingerprint density at radius 2 is 1.48 bits per heavy atom. The van der Waals surface area contributed by atoms with Crippen molar-refractivity contribution in [1.29, 1.82) is 0 Å². The maximum atomic E-state index is 13.9. The second-order valence-electron chi connectivity index (χ2n) is 5.83. The van der Waals surface area contributed by atoms with Gasteiger partial charge in [0.15, 0.2) is 5.83 Å². The Morgan fingerprint density at radius 3 is 2.04 bits per heavy atom. The Hall–Kier alpha value is -2.49. The number of halogens is 2. The SMILES string of the molecule is CCC/C(F)=C(\F)c1ccc(C(=O)Oc2ccc(CCC)cc2)cc1. The number of allylic oxidation sites excluding steroid dienone is 1. The number of benzene rings is 2. The fraction of sp³-hybridized carbons (Fsp3) is 0.286. The van der Waals surface area contributed by atoms with Gasteiger partial charge < -0.3 is 4.74 Å². The first-order valence-electron chi connectivity index (χ1n) is 8.50. The lowest BCUT2D eigenvalue weighted by atomic mass is 10.1. The van der Waals surface area contributed by atoms with Gasteiger partial charge in [-0.05, 0) is 42.7 Å². The maximum Gasteiger partial charge on any atom is 0.343 e. The molecule has 2 aromatic carbocycles. The number of carbonyl (C=O) groups is 1. The van der Waals surface area contributed by atoms with Gasteiger partial charge in [-0.1, -0.05) is 44.5 Å². The summed E-state index contributed by atoms with van der Waals surface area (Å²) in [4.78, 5) is 12.1. The first kappa shape index (κ1) is 18.8. The predicted molar refractivity (Wildman–Crippen MR) is 95.9 cm³/mol.